The minimum atomic E-state index is -0.780. The van der Waals surface area contributed by atoms with Crippen molar-refractivity contribution >= 4 is 16.9 Å². The Hall–Kier alpha value is -1.97. The van der Waals surface area contributed by atoms with E-state index >= 15 is 0 Å². The Labute approximate surface area is 99.2 Å². The fourth-order valence-electron chi connectivity index (χ4n) is 1.94. The summed E-state index contributed by atoms with van der Waals surface area (Å²) in [5.41, 5.74) is 3.09. The Morgan fingerprint density at radius 1 is 1.41 bits per heavy atom. The van der Waals surface area contributed by atoms with Gasteiger partial charge >= 0.3 is 5.97 Å². The Bertz CT molecular complexity index is 557. The first-order valence-electron chi connectivity index (χ1n) is 5.48. The maximum Gasteiger partial charge on any atom is 0.303 e. The number of aryl methyl sites for hydroxylation is 2. The van der Waals surface area contributed by atoms with Gasteiger partial charge in [-0.25, -0.2) is 0 Å². The highest BCUT2D eigenvalue weighted by Gasteiger charge is 2.07. The number of carboxylic acids is 1. The fraction of sp³-hybridized carbons (Fsp3) is 0.308. The zero-order valence-electron chi connectivity index (χ0n) is 9.91. The average Bonchev–Trinajstić information content (AvgIpc) is 2.69. The Kier molecular flexibility index (Phi) is 3.04. The number of aromatic nitrogens is 1. The fourth-order valence-corrected chi connectivity index (χ4v) is 1.94. The number of carbonyl (C=O) groups is 1. The lowest BCUT2D eigenvalue weighted by molar-refractivity contribution is -0.136. The maximum atomic E-state index is 10.5. The van der Waals surface area contributed by atoms with Crippen LogP contribution < -0.4 is 4.74 Å². The molecule has 0 saturated heterocycles. The summed E-state index contributed by atoms with van der Waals surface area (Å²) in [5.74, 6) is 0.0387. The lowest BCUT2D eigenvalue weighted by Crippen LogP contribution is -1.97. The number of carboxylic acid groups (broad SMARTS) is 1. The molecule has 1 heterocycles. The highest BCUT2D eigenvalue weighted by molar-refractivity contribution is 5.85. The third kappa shape index (κ3) is 2.41. The molecule has 0 aliphatic rings. The number of benzene rings is 1. The first kappa shape index (κ1) is 11.5. The van der Waals surface area contributed by atoms with Gasteiger partial charge in [0.15, 0.2) is 0 Å². The van der Waals surface area contributed by atoms with Crippen molar-refractivity contribution in [1.29, 1.82) is 0 Å². The molecule has 0 radical (unpaired) electrons. The number of hydrogen-bond donors (Lipinski definition) is 2. The molecule has 0 atom stereocenters. The van der Waals surface area contributed by atoms with E-state index in [1.165, 1.54) is 0 Å². The molecule has 1 aromatic carbocycles. The Morgan fingerprint density at radius 3 is 2.82 bits per heavy atom. The Morgan fingerprint density at radius 2 is 2.18 bits per heavy atom. The van der Waals surface area contributed by atoms with E-state index in [-0.39, 0.29) is 6.42 Å². The molecular weight excluding hydrogens is 218 g/mol. The van der Waals surface area contributed by atoms with E-state index in [2.05, 4.69) is 4.98 Å². The molecule has 4 nitrogen and oxygen atoms in total. The third-order valence-electron chi connectivity index (χ3n) is 2.80. The first-order chi connectivity index (χ1) is 8.10. The summed E-state index contributed by atoms with van der Waals surface area (Å²) in [6.45, 7) is 2.00. The van der Waals surface area contributed by atoms with Crippen LogP contribution in [0.2, 0.25) is 0 Å². The molecule has 0 aliphatic heterocycles. The van der Waals surface area contributed by atoms with Crippen molar-refractivity contribution in [3.63, 3.8) is 0 Å². The minimum Gasteiger partial charge on any atom is -0.497 e. The standard InChI is InChI=1S/C13H15NO3/c1-8-5-11(17-2)7-9-6-10(14-13(8)9)3-4-12(15)16/h5-7,14H,3-4H2,1-2H3,(H,15,16). The van der Waals surface area contributed by atoms with Gasteiger partial charge in [0.2, 0.25) is 0 Å². The SMILES string of the molecule is COc1cc(C)c2[nH]c(CCC(=O)O)cc2c1. The molecule has 17 heavy (non-hydrogen) atoms. The van der Waals surface area contributed by atoms with Gasteiger partial charge < -0.3 is 14.8 Å². The van der Waals surface area contributed by atoms with Gasteiger partial charge in [-0.2, -0.15) is 0 Å². The molecule has 0 spiro atoms. The number of ether oxygens (including phenoxy) is 1. The van der Waals surface area contributed by atoms with Crippen molar-refractivity contribution in [3.8, 4) is 5.75 Å². The number of rotatable bonds is 4. The normalized spacial score (nSPS) is 10.7. The molecule has 0 aliphatic carbocycles. The van der Waals surface area contributed by atoms with E-state index in [0.29, 0.717) is 6.42 Å². The molecule has 2 aromatic rings. The van der Waals surface area contributed by atoms with Crippen molar-refractivity contribution in [3.05, 3.63) is 29.5 Å². The number of nitrogens with one attached hydrogen (secondary N) is 1. The molecule has 0 fully saturated rings. The number of hydrogen-bond acceptors (Lipinski definition) is 2. The second-order valence-corrected chi connectivity index (χ2v) is 4.10. The van der Waals surface area contributed by atoms with E-state index in [1.54, 1.807) is 7.11 Å². The van der Waals surface area contributed by atoms with Crippen LogP contribution in [0.4, 0.5) is 0 Å². The summed E-state index contributed by atoms with van der Waals surface area (Å²) in [6, 6.07) is 5.89. The van der Waals surface area contributed by atoms with E-state index in [9.17, 15) is 4.79 Å². The summed E-state index contributed by atoms with van der Waals surface area (Å²) in [5, 5.41) is 9.71. The van der Waals surface area contributed by atoms with Crippen LogP contribution in [-0.2, 0) is 11.2 Å². The Balaban J connectivity index is 2.36. The van der Waals surface area contributed by atoms with Crippen LogP contribution in [0.5, 0.6) is 5.75 Å². The van der Waals surface area contributed by atoms with Crippen molar-refractivity contribution in [1.82, 2.24) is 4.98 Å². The highest BCUT2D eigenvalue weighted by atomic mass is 16.5. The van der Waals surface area contributed by atoms with Crippen molar-refractivity contribution in [2.45, 2.75) is 19.8 Å². The van der Waals surface area contributed by atoms with Crippen molar-refractivity contribution in [2.24, 2.45) is 0 Å². The van der Waals surface area contributed by atoms with E-state index in [1.807, 2.05) is 25.1 Å². The number of methoxy groups -OCH3 is 1. The molecule has 4 heteroatoms. The largest absolute Gasteiger partial charge is 0.497 e. The zero-order chi connectivity index (χ0) is 12.4. The number of fused-ring (bicyclic) bond motifs is 1. The highest BCUT2D eigenvalue weighted by Crippen LogP contribution is 2.25. The summed E-state index contributed by atoms with van der Waals surface area (Å²) in [7, 11) is 1.64. The minimum absolute atomic E-state index is 0.142. The van der Waals surface area contributed by atoms with Crippen LogP contribution in [0.1, 0.15) is 17.7 Å². The van der Waals surface area contributed by atoms with Crippen molar-refractivity contribution < 1.29 is 14.6 Å². The molecule has 2 rings (SSSR count). The first-order valence-corrected chi connectivity index (χ1v) is 5.48. The predicted molar refractivity (Wildman–Crippen MR) is 65.5 cm³/mol. The van der Waals surface area contributed by atoms with Crippen LogP contribution in [0, 0.1) is 6.92 Å². The predicted octanol–water partition coefficient (Wildman–Crippen LogP) is 2.50. The van der Waals surface area contributed by atoms with Gasteiger partial charge in [-0.15, -0.1) is 0 Å². The zero-order valence-corrected chi connectivity index (χ0v) is 9.91. The second-order valence-electron chi connectivity index (χ2n) is 4.10. The molecule has 1 aromatic heterocycles. The summed E-state index contributed by atoms with van der Waals surface area (Å²) in [4.78, 5) is 13.8. The van der Waals surface area contributed by atoms with Crippen LogP contribution in [0.15, 0.2) is 18.2 Å². The van der Waals surface area contributed by atoms with Gasteiger partial charge in [0.1, 0.15) is 5.75 Å². The van der Waals surface area contributed by atoms with Crippen LogP contribution in [0.25, 0.3) is 10.9 Å². The molecular formula is C13H15NO3. The molecule has 0 unspecified atom stereocenters. The van der Waals surface area contributed by atoms with Crippen LogP contribution in [0.3, 0.4) is 0 Å². The third-order valence-corrected chi connectivity index (χ3v) is 2.80. The second kappa shape index (κ2) is 4.49. The molecule has 0 bridgehead atoms. The maximum absolute atomic E-state index is 10.5. The van der Waals surface area contributed by atoms with Gasteiger partial charge in [-0.3, -0.25) is 4.79 Å². The van der Waals surface area contributed by atoms with Gasteiger partial charge in [-0.1, -0.05) is 0 Å². The monoisotopic (exact) mass is 233 g/mol. The van der Waals surface area contributed by atoms with Gasteiger partial charge in [0.05, 0.1) is 13.5 Å². The lowest BCUT2D eigenvalue weighted by Gasteiger charge is -2.02. The van der Waals surface area contributed by atoms with Crippen LogP contribution in [-0.4, -0.2) is 23.2 Å². The van der Waals surface area contributed by atoms with Gasteiger partial charge in [-0.05, 0) is 37.1 Å². The quantitative estimate of drug-likeness (QED) is 0.852. The number of aliphatic carboxylic acids is 1. The van der Waals surface area contributed by atoms with Crippen molar-refractivity contribution in [2.75, 3.05) is 7.11 Å². The van der Waals surface area contributed by atoms with Gasteiger partial charge in [0.25, 0.3) is 0 Å². The molecule has 0 saturated carbocycles. The van der Waals surface area contributed by atoms with Gasteiger partial charge in [0, 0.05) is 16.6 Å². The van der Waals surface area contributed by atoms with E-state index < -0.39 is 5.97 Å². The van der Waals surface area contributed by atoms with E-state index in [4.69, 9.17) is 9.84 Å². The van der Waals surface area contributed by atoms with E-state index in [0.717, 1.165) is 27.9 Å². The average molecular weight is 233 g/mol. The summed E-state index contributed by atoms with van der Waals surface area (Å²) in [6.07, 6.45) is 0.661. The molecule has 0 amide bonds. The number of H-pyrrole nitrogens is 1. The lowest BCUT2D eigenvalue weighted by atomic mass is 10.1. The summed E-state index contributed by atoms with van der Waals surface area (Å²) >= 11 is 0. The number of aromatic amines is 1. The van der Waals surface area contributed by atoms with Crippen LogP contribution >= 0.6 is 0 Å². The summed E-state index contributed by atoms with van der Waals surface area (Å²) < 4.78 is 5.20. The smallest absolute Gasteiger partial charge is 0.303 e. The topological polar surface area (TPSA) is 62.3 Å². The molecule has 2 N–H and O–H groups in total. The molecule has 90 valence electrons.